The van der Waals surface area contributed by atoms with Crippen molar-refractivity contribution < 1.29 is 19.2 Å². The van der Waals surface area contributed by atoms with Gasteiger partial charge in [0.2, 0.25) is 11.8 Å². The summed E-state index contributed by atoms with van der Waals surface area (Å²) >= 11 is 1.38. The fourth-order valence-corrected chi connectivity index (χ4v) is 4.97. The predicted octanol–water partition coefficient (Wildman–Crippen LogP) is 1.89. The second-order valence-corrected chi connectivity index (χ2v) is 9.16. The number of imide groups is 1. The lowest BCUT2D eigenvalue weighted by Gasteiger charge is -2.29. The highest BCUT2D eigenvalue weighted by Gasteiger charge is 2.39. The largest absolute Gasteiger partial charge is 0.322 e. The third-order valence-electron chi connectivity index (χ3n) is 6.11. The Morgan fingerprint density at radius 2 is 2.03 bits per heavy atom. The summed E-state index contributed by atoms with van der Waals surface area (Å²) in [6.07, 6.45) is 3.75. The number of benzene rings is 2. The first-order chi connectivity index (χ1) is 17.0. The van der Waals surface area contributed by atoms with E-state index in [-0.39, 0.29) is 30.5 Å². The molecule has 1 atom stereocenters. The Hall–Kier alpha value is -4.45. The molecule has 2 aromatic heterocycles. The maximum Gasteiger partial charge on any atom is 0.277 e. The molecule has 0 aliphatic carbocycles. The van der Waals surface area contributed by atoms with Crippen LogP contribution in [0.5, 0.6) is 0 Å². The number of nitrogens with one attached hydrogen (secondary N) is 2. The molecule has 2 aromatic carbocycles. The molecule has 0 bridgehead atoms. The van der Waals surface area contributed by atoms with Crippen LogP contribution < -0.4 is 10.6 Å². The molecule has 2 aliphatic rings. The highest BCUT2D eigenvalue weighted by molar-refractivity contribution is 7.13. The zero-order valence-corrected chi connectivity index (χ0v) is 18.9. The van der Waals surface area contributed by atoms with Gasteiger partial charge in [-0.15, -0.1) is 5.10 Å². The predicted molar refractivity (Wildman–Crippen MR) is 125 cm³/mol. The van der Waals surface area contributed by atoms with Crippen molar-refractivity contribution in [2.24, 2.45) is 0 Å². The maximum atomic E-state index is 12.9. The normalized spacial score (nSPS) is 17.5. The van der Waals surface area contributed by atoms with Crippen molar-refractivity contribution in [3.8, 4) is 5.69 Å². The first-order valence-corrected chi connectivity index (χ1v) is 11.6. The van der Waals surface area contributed by atoms with E-state index in [2.05, 4.69) is 25.3 Å². The van der Waals surface area contributed by atoms with Crippen LogP contribution in [0.15, 0.2) is 48.8 Å². The quantitative estimate of drug-likeness (QED) is 0.419. The molecule has 12 heteroatoms. The molecular weight excluding hydrogens is 470 g/mol. The molecule has 0 radical (unpaired) electrons. The number of anilines is 1. The van der Waals surface area contributed by atoms with Gasteiger partial charge in [0.05, 0.1) is 16.6 Å². The van der Waals surface area contributed by atoms with Crippen molar-refractivity contribution in [2.75, 3.05) is 5.32 Å². The summed E-state index contributed by atoms with van der Waals surface area (Å²) < 4.78 is 6.62. The molecule has 2 N–H and O–H groups in total. The summed E-state index contributed by atoms with van der Waals surface area (Å²) in [4.78, 5) is 50.7. The molecule has 174 valence electrons. The number of rotatable bonds is 4. The minimum atomic E-state index is -0.679. The van der Waals surface area contributed by atoms with Crippen LogP contribution >= 0.6 is 11.5 Å². The Morgan fingerprint density at radius 3 is 2.89 bits per heavy atom. The first-order valence-electron chi connectivity index (χ1n) is 10.8. The molecule has 11 nitrogen and oxygen atoms in total. The monoisotopic (exact) mass is 487 g/mol. The summed E-state index contributed by atoms with van der Waals surface area (Å²) in [5.74, 6) is -1.44. The van der Waals surface area contributed by atoms with E-state index in [0.29, 0.717) is 23.4 Å². The Bertz CT molecular complexity index is 1540. The van der Waals surface area contributed by atoms with Crippen molar-refractivity contribution in [1.82, 2.24) is 29.6 Å². The summed E-state index contributed by atoms with van der Waals surface area (Å²) in [5, 5.41) is 14.1. The topological polar surface area (TPSA) is 139 Å². The fraction of sp³-hybridized carbons (Fsp3) is 0.174. The Morgan fingerprint density at radius 1 is 1.14 bits per heavy atom. The van der Waals surface area contributed by atoms with Crippen molar-refractivity contribution >= 4 is 50.9 Å². The van der Waals surface area contributed by atoms with Crippen LogP contribution in [0.25, 0.3) is 15.8 Å². The number of hydrogen-bond acceptors (Lipinski definition) is 8. The average Bonchev–Trinajstić information content (AvgIpc) is 3.58. The lowest BCUT2D eigenvalue weighted by Crippen LogP contribution is -2.52. The molecule has 4 amide bonds. The lowest BCUT2D eigenvalue weighted by molar-refractivity contribution is -0.136. The third-order valence-corrected chi connectivity index (χ3v) is 6.89. The van der Waals surface area contributed by atoms with Crippen molar-refractivity contribution in [3.63, 3.8) is 0 Å². The number of amides is 4. The standard InChI is InChI=1S/C23H17N7O4S/c31-20-6-4-18(22(33)26-20)29-10-13-8-15(2-3-16(13)23(29)34)30-11-17(27-28-30)21(32)25-14-1-5-19-12(7-14)9-24-35-19/h1-3,5,7-9,11,18H,4,6,10H2,(H,25,32)(H,26,31,33). The second-order valence-electron chi connectivity index (χ2n) is 8.32. The zero-order chi connectivity index (χ0) is 24.1. The van der Waals surface area contributed by atoms with E-state index >= 15 is 0 Å². The van der Waals surface area contributed by atoms with Crippen molar-refractivity contribution in [3.05, 3.63) is 65.6 Å². The number of hydrogen-bond donors (Lipinski definition) is 2. The van der Waals surface area contributed by atoms with E-state index in [1.807, 2.05) is 12.1 Å². The molecule has 2 aliphatic heterocycles. The lowest BCUT2D eigenvalue weighted by atomic mass is 10.0. The molecule has 1 fully saturated rings. The van der Waals surface area contributed by atoms with E-state index in [0.717, 1.165) is 15.6 Å². The molecule has 1 saturated heterocycles. The van der Waals surface area contributed by atoms with Crippen LogP contribution in [0, 0.1) is 0 Å². The Balaban J connectivity index is 1.19. The minimum absolute atomic E-state index is 0.135. The van der Waals surface area contributed by atoms with Gasteiger partial charge in [-0.1, -0.05) is 5.21 Å². The van der Waals surface area contributed by atoms with E-state index in [4.69, 9.17) is 0 Å². The molecule has 0 spiro atoms. The second kappa shape index (κ2) is 8.09. The fourth-order valence-electron chi connectivity index (χ4n) is 4.34. The van der Waals surface area contributed by atoms with Crippen molar-refractivity contribution in [1.29, 1.82) is 0 Å². The van der Waals surface area contributed by atoms with Gasteiger partial charge in [-0.3, -0.25) is 24.5 Å². The third kappa shape index (κ3) is 3.73. The number of carbonyl (C=O) groups is 4. The molecule has 35 heavy (non-hydrogen) atoms. The minimum Gasteiger partial charge on any atom is -0.322 e. The van der Waals surface area contributed by atoms with E-state index in [1.165, 1.54) is 27.3 Å². The van der Waals surface area contributed by atoms with Gasteiger partial charge in [0.15, 0.2) is 5.69 Å². The number of nitrogens with zero attached hydrogens (tertiary/aromatic N) is 5. The van der Waals surface area contributed by atoms with E-state index in [9.17, 15) is 19.2 Å². The van der Waals surface area contributed by atoms with Crippen LogP contribution in [-0.4, -0.2) is 53.9 Å². The molecule has 0 saturated carbocycles. The highest BCUT2D eigenvalue weighted by Crippen LogP contribution is 2.29. The van der Waals surface area contributed by atoms with Gasteiger partial charge in [-0.25, -0.2) is 4.68 Å². The van der Waals surface area contributed by atoms with Crippen LogP contribution in [0.4, 0.5) is 5.69 Å². The Labute approximate surface area is 201 Å². The maximum absolute atomic E-state index is 12.9. The number of carbonyl (C=O) groups excluding carboxylic acids is 4. The number of piperidine rings is 1. The van der Waals surface area contributed by atoms with Gasteiger partial charge in [0, 0.05) is 35.8 Å². The van der Waals surface area contributed by atoms with Gasteiger partial charge >= 0.3 is 0 Å². The highest BCUT2D eigenvalue weighted by atomic mass is 32.1. The van der Waals surface area contributed by atoms with Crippen LogP contribution in [0.1, 0.15) is 39.3 Å². The van der Waals surface area contributed by atoms with Gasteiger partial charge in [-0.05, 0) is 59.9 Å². The summed E-state index contributed by atoms with van der Waals surface area (Å²) in [6.45, 7) is 0.246. The van der Waals surface area contributed by atoms with Gasteiger partial charge in [0.1, 0.15) is 6.04 Å². The van der Waals surface area contributed by atoms with Gasteiger partial charge in [-0.2, -0.15) is 4.37 Å². The number of fused-ring (bicyclic) bond motifs is 2. The molecule has 6 rings (SSSR count). The number of aromatic nitrogens is 4. The molecule has 1 unspecified atom stereocenters. The molecular formula is C23H17N7O4S. The average molecular weight is 488 g/mol. The zero-order valence-electron chi connectivity index (χ0n) is 18.1. The summed E-state index contributed by atoms with van der Waals surface area (Å²) in [5.41, 5.74) is 2.61. The van der Waals surface area contributed by atoms with E-state index in [1.54, 1.807) is 30.5 Å². The first kappa shape index (κ1) is 21.1. The van der Waals surface area contributed by atoms with Crippen LogP contribution in [0.2, 0.25) is 0 Å². The summed E-state index contributed by atoms with van der Waals surface area (Å²) in [6, 6.07) is 10.0. The van der Waals surface area contributed by atoms with Gasteiger partial charge < -0.3 is 10.2 Å². The van der Waals surface area contributed by atoms with Crippen LogP contribution in [-0.2, 0) is 16.1 Å². The Kier molecular flexibility index (Phi) is 4.88. The molecule has 4 aromatic rings. The van der Waals surface area contributed by atoms with Crippen LogP contribution in [0.3, 0.4) is 0 Å². The SMILES string of the molecule is O=C1CCC(N2Cc3cc(-n4cc(C(=O)Nc5ccc6sncc6c5)nn4)ccc3C2=O)C(=O)N1. The van der Waals surface area contributed by atoms with Crippen molar-refractivity contribution in [2.45, 2.75) is 25.4 Å². The molecule has 4 heterocycles. The summed E-state index contributed by atoms with van der Waals surface area (Å²) in [7, 11) is 0. The van der Waals surface area contributed by atoms with E-state index < -0.39 is 17.9 Å². The van der Waals surface area contributed by atoms with Gasteiger partial charge in [0.25, 0.3) is 11.8 Å². The smallest absolute Gasteiger partial charge is 0.277 e.